The van der Waals surface area contributed by atoms with Gasteiger partial charge in [0.05, 0.1) is 5.41 Å². The fraction of sp³-hybridized carbons (Fsp3) is 0.609. The van der Waals surface area contributed by atoms with Crippen molar-refractivity contribution in [2.45, 2.75) is 77.9 Å². The normalized spacial score (nSPS) is 30.7. The average Bonchev–Trinajstić information content (AvgIpc) is 2.52. The number of allylic oxidation sites excluding steroid dienone is 1. The number of benzene rings is 1. The topological polar surface area (TPSA) is 26.3 Å². The number of hydrogen-bond acceptors (Lipinski definition) is 2. The molecule has 0 amide bonds. The Morgan fingerprint density at radius 3 is 2.50 bits per heavy atom. The van der Waals surface area contributed by atoms with Gasteiger partial charge in [-0.25, -0.2) is 0 Å². The van der Waals surface area contributed by atoms with Crippen LogP contribution in [0.25, 0.3) is 6.08 Å². The maximum absolute atomic E-state index is 13.2. The van der Waals surface area contributed by atoms with Gasteiger partial charge in [0, 0.05) is 11.3 Å². The molecule has 2 aliphatic carbocycles. The third-order valence-corrected chi connectivity index (χ3v) is 7.25. The summed E-state index contributed by atoms with van der Waals surface area (Å²) >= 11 is 0. The number of fused-ring (bicyclic) bond motifs is 3. The van der Waals surface area contributed by atoms with E-state index in [2.05, 4.69) is 77.7 Å². The molecule has 0 saturated heterocycles. The van der Waals surface area contributed by atoms with E-state index in [1.54, 1.807) is 0 Å². The number of rotatable bonds is 3. The minimum Gasteiger partial charge on any atom is -0.519 e. The molecule has 2 nitrogen and oxygen atoms in total. The fourth-order valence-electron chi connectivity index (χ4n) is 4.99. The van der Waals surface area contributed by atoms with Gasteiger partial charge in [0.15, 0.2) is 0 Å². The van der Waals surface area contributed by atoms with Gasteiger partial charge < -0.3 is 4.43 Å². The summed E-state index contributed by atoms with van der Waals surface area (Å²) in [4.78, 5) is 13.2. The minimum atomic E-state index is -1.90. The highest BCUT2D eigenvalue weighted by Gasteiger charge is 2.55. The van der Waals surface area contributed by atoms with Crippen LogP contribution < -0.4 is 0 Å². The molecule has 1 aromatic carbocycles. The van der Waals surface area contributed by atoms with Crippen molar-refractivity contribution < 1.29 is 9.22 Å². The molecule has 0 aromatic heterocycles. The molecule has 0 spiro atoms. The standard InChI is InChI=1S/C23H34O2Si/c1-16(2)17-9-11-19-18(15-17)10-12-20-22(19,3)13-8-14-23(20,4)21(24)25-26(5,6)7/h9-12,15-16,20H,8,13-14H2,1-7H3/t20?,22-,23-/m1/s1. The van der Waals surface area contributed by atoms with Crippen molar-refractivity contribution >= 4 is 20.4 Å². The van der Waals surface area contributed by atoms with Crippen molar-refractivity contribution in [3.05, 3.63) is 41.0 Å². The molecule has 2 aliphatic rings. The second-order valence-corrected chi connectivity index (χ2v) is 14.5. The van der Waals surface area contributed by atoms with E-state index in [9.17, 15) is 4.79 Å². The number of carbonyl (C=O) groups is 1. The summed E-state index contributed by atoms with van der Waals surface area (Å²) in [6.45, 7) is 15.2. The summed E-state index contributed by atoms with van der Waals surface area (Å²) in [5.41, 5.74) is 3.69. The first-order chi connectivity index (χ1) is 12.0. The zero-order valence-corrected chi connectivity index (χ0v) is 18.5. The molecule has 3 heteroatoms. The molecule has 1 fully saturated rings. The molecule has 3 atom stereocenters. The first-order valence-electron chi connectivity index (χ1n) is 10.0. The van der Waals surface area contributed by atoms with Crippen LogP contribution in [0.4, 0.5) is 0 Å². The first kappa shape index (κ1) is 19.4. The van der Waals surface area contributed by atoms with Crippen LogP contribution >= 0.6 is 0 Å². The van der Waals surface area contributed by atoms with Gasteiger partial charge in [-0.3, -0.25) is 4.79 Å². The van der Waals surface area contributed by atoms with Gasteiger partial charge in [-0.1, -0.05) is 57.5 Å². The Labute approximate surface area is 160 Å². The highest BCUT2D eigenvalue weighted by Crippen LogP contribution is 2.56. The van der Waals surface area contributed by atoms with Crippen molar-refractivity contribution in [3.63, 3.8) is 0 Å². The van der Waals surface area contributed by atoms with Crippen molar-refractivity contribution in [2.24, 2.45) is 11.3 Å². The van der Waals surface area contributed by atoms with Gasteiger partial charge in [-0.05, 0) is 62.0 Å². The highest BCUT2D eigenvalue weighted by atomic mass is 28.4. The lowest BCUT2D eigenvalue weighted by Gasteiger charge is -2.52. The smallest absolute Gasteiger partial charge is 0.299 e. The first-order valence-corrected chi connectivity index (χ1v) is 13.4. The third kappa shape index (κ3) is 3.19. The molecule has 0 heterocycles. The van der Waals surface area contributed by atoms with Crippen LogP contribution in [0, 0.1) is 11.3 Å². The maximum atomic E-state index is 13.2. The second-order valence-electron chi connectivity index (χ2n) is 10.0. The molecule has 3 rings (SSSR count). The van der Waals surface area contributed by atoms with E-state index in [1.807, 2.05) is 0 Å². The van der Waals surface area contributed by atoms with Crippen LogP contribution in [0.3, 0.4) is 0 Å². The zero-order chi connectivity index (χ0) is 19.3. The van der Waals surface area contributed by atoms with Crippen molar-refractivity contribution in [2.75, 3.05) is 0 Å². The summed E-state index contributed by atoms with van der Waals surface area (Å²) in [5.74, 6) is 0.743. The van der Waals surface area contributed by atoms with E-state index in [-0.39, 0.29) is 17.3 Å². The second kappa shape index (κ2) is 6.37. The van der Waals surface area contributed by atoms with Gasteiger partial charge in [0.2, 0.25) is 8.32 Å². The van der Waals surface area contributed by atoms with E-state index in [4.69, 9.17) is 4.43 Å². The molecule has 1 unspecified atom stereocenters. The Hall–Kier alpha value is -1.35. The van der Waals surface area contributed by atoms with Crippen LogP contribution in [0.1, 0.15) is 69.6 Å². The number of hydrogen-bond donors (Lipinski definition) is 0. The predicted molar refractivity (Wildman–Crippen MR) is 112 cm³/mol. The SMILES string of the molecule is CC(C)c1ccc2c(c1)C=CC1[C@](C)(C(=O)O[Si](C)(C)C)CCC[C@]21C. The molecule has 0 N–H and O–H groups in total. The lowest BCUT2D eigenvalue weighted by atomic mass is 9.51. The largest absolute Gasteiger partial charge is 0.519 e. The Bertz CT molecular complexity index is 743. The van der Waals surface area contributed by atoms with E-state index >= 15 is 0 Å². The van der Waals surface area contributed by atoms with E-state index in [0.29, 0.717) is 5.92 Å². The summed E-state index contributed by atoms with van der Waals surface area (Å²) in [7, 11) is -1.90. The molecule has 0 bridgehead atoms. The van der Waals surface area contributed by atoms with Crippen LogP contribution in [-0.2, 0) is 14.6 Å². The van der Waals surface area contributed by atoms with Gasteiger partial charge in [0.1, 0.15) is 0 Å². The fourth-order valence-corrected chi connectivity index (χ4v) is 5.78. The molecular formula is C23H34O2Si. The quantitative estimate of drug-likeness (QED) is 0.585. The van der Waals surface area contributed by atoms with Gasteiger partial charge in [0.25, 0.3) is 5.97 Å². The van der Waals surface area contributed by atoms with Gasteiger partial charge in [-0.2, -0.15) is 0 Å². The summed E-state index contributed by atoms with van der Waals surface area (Å²) in [6.07, 6.45) is 7.67. The highest BCUT2D eigenvalue weighted by molar-refractivity contribution is 6.71. The van der Waals surface area contributed by atoms with Crippen LogP contribution in [0.15, 0.2) is 24.3 Å². The van der Waals surface area contributed by atoms with Crippen LogP contribution in [0.2, 0.25) is 19.6 Å². The van der Waals surface area contributed by atoms with Gasteiger partial charge >= 0.3 is 0 Å². The summed E-state index contributed by atoms with van der Waals surface area (Å²) in [5, 5.41) is 0. The predicted octanol–water partition coefficient (Wildman–Crippen LogP) is 6.28. The Morgan fingerprint density at radius 1 is 1.19 bits per heavy atom. The molecule has 26 heavy (non-hydrogen) atoms. The van der Waals surface area contributed by atoms with Crippen molar-refractivity contribution in [1.82, 2.24) is 0 Å². The molecule has 0 aliphatic heterocycles. The molecule has 1 aromatic rings. The summed E-state index contributed by atoms with van der Waals surface area (Å²) < 4.78 is 5.98. The molecular weight excluding hydrogens is 336 g/mol. The third-order valence-electron chi connectivity index (χ3n) is 6.46. The number of carbonyl (C=O) groups excluding carboxylic acids is 1. The van der Waals surface area contributed by atoms with Crippen molar-refractivity contribution in [1.29, 1.82) is 0 Å². The molecule has 142 valence electrons. The molecule has 0 radical (unpaired) electrons. The zero-order valence-electron chi connectivity index (χ0n) is 17.5. The minimum absolute atomic E-state index is 0.00501. The van der Waals surface area contributed by atoms with Crippen LogP contribution in [0.5, 0.6) is 0 Å². The molecule has 1 saturated carbocycles. The van der Waals surface area contributed by atoms with Crippen molar-refractivity contribution in [3.8, 4) is 0 Å². The van der Waals surface area contributed by atoms with E-state index < -0.39 is 13.7 Å². The van der Waals surface area contributed by atoms with Gasteiger partial charge in [-0.15, -0.1) is 0 Å². The summed E-state index contributed by atoms with van der Waals surface area (Å²) in [6, 6.07) is 6.93. The average molecular weight is 371 g/mol. The Kier molecular flexibility index (Phi) is 4.75. The monoisotopic (exact) mass is 370 g/mol. The lowest BCUT2D eigenvalue weighted by molar-refractivity contribution is -0.152. The van der Waals surface area contributed by atoms with E-state index in [1.165, 1.54) is 16.7 Å². The van der Waals surface area contributed by atoms with E-state index in [0.717, 1.165) is 19.3 Å². The van der Waals surface area contributed by atoms with Crippen LogP contribution in [-0.4, -0.2) is 14.3 Å². The Morgan fingerprint density at radius 2 is 1.88 bits per heavy atom. The lowest BCUT2D eigenvalue weighted by Crippen LogP contribution is -2.52. The maximum Gasteiger partial charge on any atom is 0.299 e. The Balaban J connectivity index is 2.02.